The number of methoxy groups -OCH3 is 2. The zero-order valence-corrected chi connectivity index (χ0v) is 16.8. The minimum absolute atomic E-state index is 0.157. The van der Waals surface area contributed by atoms with Gasteiger partial charge in [-0.1, -0.05) is 6.07 Å². The standard InChI is InChI=1S/C21H26N4O4/c1-28-18-5-3-16(13-19(18)29-2)7-8-22-21(27)17-4-6-20(23-14-17)25-11-9-24(15-26)10-12-25/h3-6,13-15H,7-12H2,1-2H3,(H,22,27). The molecule has 2 heterocycles. The fourth-order valence-electron chi connectivity index (χ4n) is 3.22. The van der Waals surface area contributed by atoms with Crippen molar-refractivity contribution in [2.24, 2.45) is 0 Å². The lowest BCUT2D eigenvalue weighted by atomic mass is 10.1. The van der Waals surface area contributed by atoms with Crippen LogP contribution in [0.5, 0.6) is 11.5 Å². The van der Waals surface area contributed by atoms with Crippen LogP contribution in [0.25, 0.3) is 0 Å². The molecule has 1 aromatic heterocycles. The number of hydrogen-bond donors (Lipinski definition) is 1. The quantitative estimate of drug-likeness (QED) is 0.676. The summed E-state index contributed by atoms with van der Waals surface area (Å²) >= 11 is 0. The van der Waals surface area contributed by atoms with Crippen LogP contribution in [0.1, 0.15) is 15.9 Å². The van der Waals surface area contributed by atoms with Crippen LogP contribution in [0.15, 0.2) is 36.5 Å². The van der Waals surface area contributed by atoms with Crippen LogP contribution >= 0.6 is 0 Å². The molecular weight excluding hydrogens is 372 g/mol. The molecule has 0 unspecified atom stereocenters. The average Bonchev–Trinajstić information content (AvgIpc) is 2.79. The minimum Gasteiger partial charge on any atom is -0.493 e. The molecule has 1 aliphatic rings. The van der Waals surface area contributed by atoms with Gasteiger partial charge in [0.15, 0.2) is 11.5 Å². The van der Waals surface area contributed by atoms with Crippen LogP contribution in [0.3, 0.4) is 0 Å². The summed E-state index contributed by atoms with van der Waals surface area (Å²) in [7, 11) is 3.20. The van der Waals surface area contributed by atoms with Crippen LogP contribution in [-0.4, -0.2) is 69.1 Å². The normalized spacial score (nSPS) is 13.7. The van der Waals surface area contributed by atoms with Crippen LogP contribution in [-0.2, 0) is 11.2 Å². The van der Waals surface area contributed by atoms with E-state index in [0.29, 0.717) is 43.1 Å². The highest BCUT2D eigenvalue weighted by Crippen LogP contribution is 2.27. The van der Waals surface area contributed by atoms with Gasteiger partial charge in [0, 0.05) is 38.9 Å². The molecule has 1 N–H and O–H groups in total. The molecule has 0 saturated carbocycles. The van der Waals surface area contributed by atoms with Gasteiger partial charge >= 0.3 is 0 Å². The van der Waals surface area contributed by atoms with Gasteiger partial charge in [0.1, 0.15) is 5.82 Å². The highest BCUT2D eigenvalue weighted by molar-refractivity contribution is 5.94. The fourth-order valence-corrected chi connectivity index (χ4v) is 3.22. The number of anilines is 1. The summed E-state index contributed by atoms with van der Waals surface area (Å²) < 4.78 is 10.5. The number of hydrogen-bond acceptors (Lipinski definition) is 6. The molecule has 8 heteroatoms. The van der Waals surface area contributed by atoms with E-state index in [4.69, 9.17) is 9.47 Å². The predicted octanol–water partition coefficient (Wildman–Crippen LogP) is 1.35. The van der Waals surface area contributed by atoms with Gasteiger partial charge in [-0.15, -0.1) is 0 Å². The second kappa shape index (κ2) is 9.77. The zero-order chi connectivity index (χ0) is 20.6. The largest absolute Gasteiger partial charge is 0.493 e. The Morgan fingerprint density at radius 2 is 1.86 bits per heavy atom. The predicted molar refractivity (Wildman–Crippen MR) is 110 cm³/mol. The van der Waals surface area contributed by atoms with Crippen LogP contribution in [0.2, 0.25) is 0 Å². The number of benzene rings is 1. The Bertz CT molecular complexity index is 833. The summed E-state index contributed by atoms with van der Waals surface area (Å²) in [5.41, 5.74) is 1.57. The molecule has 3 rings (SSSR count). The molecule has 1 saturated heterocycles. The number of carbonyl (C=O) groups is 2. The van der Waals surface area contributed by atoms with Gasteiger partial charge in [-0.05, 0) is 36.2 Å². The van der Waals surface area contributed by atoms with Crippen molar-refractivity contribution in [3.8, 4) is 11.5 Å². The molecule has 1 aromatic carbocycles. The third kappa shape index (κ3) is 5.16. The number of amides is 2. The number of nitrogens with one attached hydrogen (secondary N) is 1. The highest BCUT2D eigenvalue weighted by Gasteiger charge is 2.17. The third-order valence-corrected chi connectivity index (χ3v) is 4.94. The van der Waals surface area contributed by atoms with Gasteiger partial charge in [0.25, 0.3) is 5.91 Å². The van der Waals surface area contributed by atoms with Gasteiger partial charge < -0.3 is 24.6 Å². The Morgan fingerprint density at radius 1 is 1.10 bits per heavy atom. The Labute approximate surface area is 170 Å². The number of piperazine rings is 1. The zero-order valence-electron chi connectivity index (χ0n) is 16.8. The summed E-state index contributed by atoms with van der Waals surface area (Å²) in [5.74, 6) is 2.01. The molecule has 29 heavy (non-hydrogen) atoms. The van der Waals surface area contributed by atoms with Crippen molar-refractivity contribution >= 4 is 18.1 Å². The Kier molecular flexibility index (Phi) is 6.89. The summed E-state index contributed by atoms with van der Waals surface area (Å²) in [6.07, 6.45) is 3.14. The van der Waals surface area contributed by atoms with Crippen molar-refractivity contribution in [3.63, 3.8) is 0 Å². The van der Waals surface area contributed by atoms with Gasteiger partial charge in [0.2, 0.25) is 6.41 Å². The van der Waals surface area contributed by atoms with Gasteiger partial charge in [-0.2, -0.15) is 0 Å². The number of nitrogens with zero attached hydrogens (tertiary/aromatic N) is 3. The van der Waals surface area contributed by atoms with Crippen molar-refractivity contribution in [3.05, 3.63) is 47.7 Å². The van der Waals surface area contributed by atoms with Gasteiger partial charge in [0.05, 0.1) is 19.8 Å². The molecule has 154 valence electrons. The second-order valence-corrected chi connectivity index (χ2v) is 6.73. The van der Waals surface area contributed by atoms with E-state index in [2.05, 4.69) is 15.2 Å². The van der Waals surface area contributed by atoms with E-state index < -0.39 is 0 Å². The van der Waals surface area contributed by atoms with E-state index >= 15 is 0 Å². The third-order valence-electron chi connectivity index (χ3n) is 4.94. The van der Waals surface area contributed by atoms with E-state index in [-0.39, 0.29) is 5.91 Å². The first kappa shape index (κ1) is 20.4. The fraction of sp³-hybridized carbons (Fsp3) is 0.381. The first-order chi connectivity index (χ1) is 14.1. The van der Waals surface area contributed by atoms with Crippen molar-refractivity contribution in [1.29, 1.82) is 0 Å². The van der Waals surface area contributed by atoms with E-state index in [1.54, 1.807) is 31.4 Å². The molecule has 0 atom stereocenters. The summed E-state index contributed by atoms with van der Waals surface area (Å²) in [6.45, 7) is 3.35. The molecule has 0 bridgehead atoms. The lowest BCUT2D eigenvalue weighted by Gasteiger charge is -2.33. The summed E-state index contributed by atoms with van der Waals surface area (Å²) in [5, 5.41) is 2.92. The van der Waals surface area contributed by atoms with Crippen molar-refractivity contribution in [2.45, 2.75) is 6.42 Å². The first-order valence-electron chi connectivity index (χ1n) is 9.54. The Balaban J connectivity index is 1.50. The topological polar surface area (TPSA) is 84.0 Å². The number of rotatable bonds is 8. The number of aromatic nitrogens is 1. The van der Waals surface area contributed by atoms with Crippen molar-refractivity contribution < 1.29 is 19.1 Å². The average molecular weight is 398 g/mol. The molecule has 8 nitrogen and oxygen atoms in total. The molecule has 0 aliphatic carbocycles. The van der Waals surface area contributed by atoms with Crippen LogP contribution in [0.4, 0.5) is 5.82 Å². The number of pyridine rings is 1. The second-order valence-electron chi connectivity index (χ2n) is 6.73. The molecule has 2 amide bonds. The van der Waals surface area contributed by atoms with Crippen LogP contribution in [0, 0.1) is 0 Å². The maximum Gasteiger partial charge on any atom is 0.252 e. The molecule has 0 radical (unpaired) electrons. The van der Waals surface area contributed by atoms with Crippen molar-refractivity contribution in [1.82, 2.24) is 15.2 Å². The minimum atomic E-state index is -0.157. The molecule has 0 spiro atoms. The van der Waals surface area contributed by atoms with Crippen molar-refractivity contribution in [2.75, 3.05) is 51.8 Å². The molecule has 1 aliphatic heterocycles. The Hall–Kier alpha value is -3.29. The summed E-state index contributed by atoms with van der Waals surface area (Å²) in [4.78, 5) is 31.4. The van der Waals surface area contributed by atoms with Crippen LogP contribution < -0.4 is 19.7 Å². The highest BCUT2D eigenvalue weighted by atomic mass is 16.5. The maximum absolute atomic E-state index is 12.4. The summed E-state index contributed by atoms with van der Waals surface area (Å²) in [6, 6.07) is 9.34. The maximum atomic E-state index is 12.4. The first-order valence-corrected chi connectivity index (χ1v) is 9.54. The molecule has 1 fully saturated rings. The van der Waals surface area contributed by atoms with E-state index in [1.165, 1.54) is 0 Å². The smallest absolute Gasteiger partial charge is 0.252 e. The van der Waals surface area contributed by atoms with E-state index in [9.17, 15) is 9.59 Å². The van der Waals surface area contributed by atoms with Gasteiger partial charge in [-0.25, -0.2) is 4.98 Å². The lowest BCUT2D eigenvalue weighted by molar-refractivity contribution is -0.118. The number of carbonyl (C=O) groups excluding carboxylic acids is 2. The Morgan fingerprint density at radius 3 is 2.48 bits per heavy atom. The number of ether oxygens (including phenoxy) is 2. The SMILES string of the molecule is COc1ccc(CCNC(=O)c2ccc(N3CCN(C=O)CC3)nc2)cc1OC. The van der Waals surface area contributed by atoms with E-state index in [0.717, 1.165) is 30.9 Å². The lowest BCUT2D eigenvalue weighted by Crippen LogP contribution is -2.46. The van der Waals surface area contributed by atoms with Gasteiger partial charge in [-0.3, -0.25) is 9.59 Å². The molecule has 2 aromatic rings. The monoisotopic (exact) mass is 398 g/mol. The van der Waals surface area contributed by atoms with E-state index in [1.807, 2.05) is 24.3 Å². The molecular formula is C21H26N4O4.